The lowest BCUT2D eigenvalue weighted by molar-refractivity contribution is -0.136. The van der Waals surface area contributed by atoms with E-state index < -0.39 is 11.7 Å². The quantitative estimate of drug-likeness (QED) is 0.578. The monoisotopic (exact) mass is 310 g/mol. The molecule has 8 heteroatoms. The number of fused-ring (bicyclic) bond motifs is 1. The first-order valence-corrected chi connectivity index (χ1v) is 7.15. The fraction of sp³-hybridized carbons (Fsp3) is 0.154. The lowest BCUT2D eigenvalue weighted by atomic mass is 10.1. The van der Waals surface area contributed by atoms with Gasteiger partial charge in [-0.1, -0.05) is 23.9 Å². The van der Waals surface area contributed by atoms with Crippen LogP contribution in [-0.2, 0) is 6.18 Å². The number of aromatic nitrogens is 4. The van der Waals surface area contributed by atoms with Crippen molar-refractivity contribution in [2.24, 2.45) is 0 Å². The number of thioether (sulfide) groups is 1. The van der Waals surface area contributed by atoms with Gasteiger partial charge >= 0.3 is 6.18 Å². The highest BCUT2D eigenvalue weighted by atomic mass is 32.2. The van der Waals surface area contributed by atoms with Crippen LogP contribution in [0.15, 0.2) is 35.6 Å². The van der Waals surface area contributed by atoms with Crippen molar-refractivity contribution in [3.8, 4) is 11.4 Å². The molecule has 0 saturated carbocycles. The first-order chi connectivity index (χ1) is 10.0. The number of hydrogen-bond donors (Lipinski definition) is 1. The second-order valence-electron chi connectivity index (χ2n) is 4.23. The molecule has 0 aliphatic carbocycles. The van der Waals surface area contributed by atoms with E-state index in [1.807, 2.05) is 6.26 Å². The summed E-state index contributed by atoms with van der Waals surface area (Å²) in [5, 5.41) is 7.38. The van der Waals surface area contributed by atoms with E-state index in [1.54, 1.807) is 18.3 Å². The van der Waals surface area contributed by atoms with E-state index in [2.05, 4.69) is 20.2 Å². The predicted octanol–water partition coefficient (Wildman–Crippen LogP) is 3.76. The average Bonchev–Trinajstić information content (AvgIpc) is 2.90. The molecular weight excluding hydrogens is 301 g/mol. The molecule has 0 unspecified atom stereocenters. The summed E-state index contributed by atoms with van der Waals surface area (Å²) in [5.74, 6) is 0. The van der Waals surface area contributed by atoms with Crippen LogP contribution in [0.1, 0.15) is 5.56 Å². The Balaban J connectivity index is 2.21. The van der Waals surface area contributed by atoms with Gasteiger partial charge in [-0.15, -0.1) is 0 Å². The Morgan fingerprint density at radius 2 is 2.00 bits per heavy atom. The normalized spacial score (nSPS) is 12.0. The minimum Gasteiger partial charge on any atom is -0.275 e. The van der Waals surface area contributed by atoms with Gasteiger partial charge in [0.2, 0.25) is 0 Å². The average molecular weight is 310 g/mol. The van der Waals surface area contributed by atoms with Crippen LogP contribution >= 0.6 is 11.8 Å². The number of alkyl halides is 3. The number of rotatable bonds is 2. The summed E-state index contributed by atoms with van der Waals surface area (Å²) in [5.41, 5.74) is 0.0935. The van der Waals surface area contributed by atoms with Crippen molar-refractivity contribution in [1.82, 2.24) is 20.2 Å². The Bertz CT molecular complexity index is 797. The van der Waals surface area contributed by atoms with Crippen molar-refractivity contribution in [2.75, 3.05) is 6.26 Å². The highest BCUT2D eigenvalue weighted by Crippen LogP contribution is 2.36. The van der Waals surface area contributed by atoms with E-state index in [-0.39, 0.29) is 5.52 Å². The summed E-state index contributed by atoms with van der Waals surface area (Å²) < 4.78 is 38.9. The molecule has 0 bridgehead atoms. The van der Waals surface area contributed by atoms with E-state index in [1.165, 1.54) is 17.8 Å². The highest BCUT2D eigenvalue weighted by Gasteiger charge is 2.34. The molecule has 4 nitrogen and oxygen atoms in total. The topological polar surface area (TPSA) is 54.5 Å². The van der Waals surface area contributed by atoms with Gasteiger partial charge in [0.25, 0.3) is 0 Å². The zero-order valence-electron chi connectivity index (χ0n) is 10.8. The molecule has 0 radical (unpaired) electrons. The van der Waals surface area contributed by atoms with Gasteiger partial charge in [0.1, 0.15) is 5.52 Å². The number of hydrogen-bond acceptors (Lipinski definition) is 4. The molecule has 108 valence electrons. The van der Waals surface area contributed by atoms with E-state index in [4.69, 9.17) is 0 Å². The van der Waals surface area contributed by atoms with Crippen LogP contribution < -0.4 is 0 Å². The number of benzene rings is 1. The Labute approximate surface area is 121 Å². The van der Waals surface area contributed by atoms with Gasteiger partial charge in [0.05, 0.1) is 17.0 Å². The van der Waals surface area contributed by atoms with Gasteiger partial charge in [0, 0.05) is 11.6 Å². The molecule has 1 N–H and O–H groups in total. The number of halogens is 3. The van der Waals surface area contributed by atoms with Crippen LogP contribution in [0.2, 0.25) is 0 Å². The first kappa shape index (κ1) is 13.9. The van der Waals surface area contributed by atoms with Crippen molar-refractivity contribution in [3.63, 3.8) is 0 Å². The maximum atomic E-state index is 13.0. The van der Waals surface area contributed by atoms with Crippen molar-refractivity contribution in [3.05, 3.63) is 36.0 Å². The largest absolute Gasteiger partial charge is 0.418 e. The maximum Gasteiger partial charge on any atom is 0.418 e. The third kappa shape index (κ3) is 2.46. The molecule has 0 saturated heterocycles. The van der Waals surface area contributed by atoms with Crippen LogP contribution in [0.25, 0.3) is 22.3 Å². The zero-order valence-corrected chi connectivity index (χ0v) is 11.6. The van der Waals surface area contributed by atoms with Crippen molar-refractivity contribution in [1.29, 1.82) is 0 Å². The molecule has 21 heavy (non-hydrogen) atoms. The standard InChI is InChI=1S/C13H9F3N4S/c1-21-12-17-6-5-9(18-12)11-7-3-2-4-8(13(14,15)16)10(7)19-20-11/h2-6H,1H3,(H,19,20). The fourth-order valence-corrected chi connectivity index (χ4v) is 2.40. The Hall–Kier alpha value is -2.09. The number of nitrogens with zero attached hydrogens (tertiary/aromatic N) is 3. The SMILES string of the molecule is CSc1nccc(-c2[nH]nc3c(C(F)(F)F)cccc23)n1. The Kier molecular flexibility index (Phi) is 3.32. The maximum absolute atomic E-state index is 13.0. The Morgan fingerprint density at radius 3 is 2.71 bits per heavy atom. The van der Waals surface area contributed by atoms with Gasteiger partial charge in [-0.05, 0) is 18.4 Å². The molecular formula is C13H9F3N4S. The van der Waals surface area contributed by atoms with Crippen molar-refractivity contribution in [2.45, 2.75) is 11.3 Å². The van der Waals surface area contributed by atoms with Gasteiger partial charge < -0.3 is 0 Å². The molecule has 3 aromatic rings. The second-order valence-corrected chi connectivity index (χ2v) is 5.00. The summed E-state index contributed by atoms with van der Waals surface area (Å²) in [6.45, 7) is 0. The molecule has 0 atom stereocenters. The zero-order chi connectivity index (χ0) is 15.0. The van der Waals surface area contributed by atoms with Crippen LogP contribution in [0, 0.1) is 0 Å². The van der Waals surface area contributed by atoms with E-state index >= 15 is 0 Å². The number of aromatic amines is 1. The van der Waals surface area contributed by atoms with E-state index in [0.717, 1.165) is 6.07 Å². The molecule has 2 heterocycles. The summed E-state index contributed by atoms with van der Waals surface area (Å²) in [7, 11) is 0. The van der Waals surface area contributed by atoms with E-state index in [9.17, 15) is 13.2 Å². The van der Waals surface area contributed by atoms with E-state index in [0.29, 0.717) is 21.9 Å². The summed E-state index contributed by atoms with van der Waals surface area (Å²) in [4.78, 5) is 8.32. The fourth-order valence-electron chi connectivity index (χ4n) is 2.04. The second kappa shape index (κ2) is 5.03. The van der Waals surface area contributed by atoms with Crippen LogP contribution in [-0.4, -0.2) is 26.4 Å². The molecule has 0 spiro atoms. The predicted molar refractivity (Wildman–Crippen MR) is 73.9 cm³/mol. The van der Waals surface area contributed by atoms with Crippen LogP contribution in [0.4, 0.5) is 13.2 Å². The number of H-pyrrole nitrogens is 1. The first-order valence-electron chi connectivity index (χ1n) is 5.92. The molecule has 2 aromatic heterocycles. The van der Waals surface area contributed by atoms with Crippen LogP contribution in [0.5, 0.6) is 0 Å². The Morgan fingerprint density at radius 1 is 1.19 bits per heavy atom. The molecule has 3 rings (SSSR count). The lowest BCUT2D eigenvalue weighted by Crippen LogP contribution is -2.05. The highest BCUT2D eigenvalue weighted by molar-refractivity contribution is 7.98. The number of nitrogens with one attached hydrogen (secondary N) is 1. The third-order valence-electron chi connectivity index (χ3n) is 2.96. The summed E-state index contributed by atoms with van der Waals surface area (Å²) >= 11 is 1.36. The van der Waals surface area contributed by atoms with Gasteiger partial charge in [-0.25, -0.2) is 9.97 Å². The van der Waals surface area contributed by atoms with Crippen LogP contribution in [0.3, 0.4) is 0 Å². The summed E-state index contributed by atoms with van der Waals surface area (Å²) in [6, 6.07) is 5.60. The van der Waals surface area contributed by atoms with Gasteiger partial charge in [-0.3, -0.25) is 5.10 Å². The summed E-state index contributed by atoms with van der Waals surface area (Å²) in [6.07, 6.45) is -1.05. The molecule has 0 aliphatic rings. The van der Waals surface area contributed by atoms with Crippen molar-refractivity contribution >= 4 is 22.7 Å². The molecule has 1 aromatic carbocycles. The smallest absolute Gasteiger partial charge is 0.275 e. The van der Waals surface area contributed by atoms with Gasteiger partial charge in [-0.2, -0.15) is 18.3 Å². The minimum absolute atomic E-state index is 0.107. The molecule has 0 fully saturated rings. The third-order valence-corrected chi connectivity index (χ3v) is 3.52. The van der Waals surface area contributed by atoms with Gasteiger partial charge in [0.15, 0.2) is 5.16 Å². The van der Waals surface area contributed by atoms with Crippen molar-refractivity contribution < 1.29 is 13.2 Å². The lowest BCUT2D eigenvalue weighted by Gasteiger charge is -2.06. The number of para-hydroxylation sites is 1. The minimum atomic E-state index is -4.44. The molecule has 0 aliphatic heterocycles. The molecule has 0 amide bonds.